The van der Waals surface area contributed by atoms with Crippen LogP contribution in [0.2, 0.25) is 0 Å². The number of carboxylic acids is 1. The Hall–Kier alpha value is -0.610. The molecule has 1 rings (SSSR count). The predicted molar refractivity (Wildman–Crippen MR) is 73.8 cm³/mol. The molecule has 106 valence electrons. The first-order chi connectivity index (χ1) is 8.56. The number of nitrogens with one attached hydrogen (secondary N) is 1. The van der Waals surface area contributed by atoms with Crippen LogP contribution in [-0.4, -0.2) is 47.7 Å². The minimum absolute atomic E-state index is 0.390. The molecule has 18 heavy (non-hydrogen) atoms. The highest BCUT2D eigenvalue weighted by molar-refractivity contribution is 5.73. The summed E-state index contributed by atoms with van der Waals surface area (Å²) >= 11 is 0. The van der Waals surface area contributed by atoms with Gasteiger partial charge >= 0.3 is 5.97 Å². The number of aliphatic carboxylic acids is 1. The van der Waals surface area contributed by atoms with E-state index in [1.807, 2.05) is 0 Å². The van der Waals surface area contributed by atoms with E-state index in [1.165, 1.54) is 12.8 Å². The van der Waals surface area contributed by atoms with Crippen molar-refractivity contribution in [2.45, 2.75) is 58.5 Å². The van der Waals surface area contributed by atoms with Crippen LogP contribution in [0.5, 0.6) is 0 Å². The largest absolute Gasteiger partial charge is 0.480 e. The normalized spacial score (nSPS) is 22.6. The molecular formula is C14H28N2O2. The molecule has 0 amide bonds. The van der Waals surface area contributed by atoms with E-state index in [1.54, 1.807) is 0 Å². The van der Waals surface area contributed by atoms with Gasteiger partial charge in [0.25, 0.3) is 0 Å². The van der Waals surface area contributed by atoms with Crippen LogP contribution in [0.3, 0.4) is 0 Å². The van der Waals surface area contributed by atoms with E-state index in [0.717, 1.165) is 26.1 Å². The highest BCUT2D eigenvalue weighted by atomic mass is 16.4. The Kier molecular flexibility index (Phi) is 6.65. The zero-order chi connectivity index (χ0) is 13.5. The Morgan fingerprint density at radius 1 is 1.50 bits per heavy atom. The van der Waals surface area contributed by atoms with Crippen LogP contribution in [0.4, 0.5) is 0 Å². The molecule has 2 N–H and O–H groups in total. The number of carbonyl (C=O) groups is 1. The fourth-order valence-corrected chi connectivity index (χ4v) is 2.81. The Balaban J connectivity index is 2.39. The molecule has 0 radical (unpaired) electrons. The standard InChI is InChI=1S/C14H28N2O2/c1-4-8-15-12(14(17)18)7-10-16-9-5-6-13(16)11(2)3/h11-13,15H,4-10H2,1-3H3,(H,17,18). The summed E-state index contributed by atoms with van der Waals surface area (Å²) in [5.74, 6) is -0.0527. The van der Waals surface area contributed by atoms with Gasteiger partial charge in [0.15, 0.2) is 0 Å². The Morgan fingerprint density at radius 2 is 2.22 bits per heavy atom. The summed E-state index contributed by atoms with van der Waals surface area (Å²) in [5.41, 5.74) is 0. The molecule has 0 aliphatic carbocycles. The average molecular weight is 256 g/mol. The Bertz CT molecular complexity index is 256. The van der Waals surface area contributed by atoms with Gasteiger partial charge in [0.2, 0.25) is 0 Å². The van der Waals surface area contributed by atoms with E-state index in [9.17, 15) is 4.79 Å². The molecule has 0 aromatic carbocycles. The molecule has 2 atom stereocenters. The lowest BCUT2D eigenvalue weighted by molar-refractivity contribution is -0.139. The SMILES string of the molecule is CCCNC(CCN1CCCC1C(C)C)C(=O)O. The molecular weight excluding hydrogens is 228 g/mol. The maximum absolute atomic E-state index is 11.1. The molecule has 0 aromatic rings. The Morgan fingerprint density at radius 3 is 2.78 bits per heavy atom. The number of hydrogen-bond acceptors (Lipinski definition) is 3. The first-order valence-corrected chi connectivity index (χ1v) is 7.26. The minimum Gasteiger partial charge on any atom is -0.480 e. The van der Waals surface area contributed by atoms with Gasteiger partial charge < -0.3 is 15.3 Å². The fraction of sp³-hybridized carbons (Fsp3) is 0.929. The summed E-state index contributed by atoms with van der Waals surface area (Å²) in [4.78, 5) is 13.6. The highest BCUT2D eigenvalue weighted by Crippen LogP contribution is 2.23. The topological polar surface area (TPSA) is 52.6 Å². The van der Waals surface area contributed by atoms with Gasteiger partial charge in [0.05, 0.1) is 0 Å². The highest BCUT2D eigenvalue weighted by Gasteiger charge is 2.28. The molecule has 1 heterocycles. The third kappa shape index (κ3) is 4.58. The predicted octanol–water partition coefficient (Wildman–Crippen LogP) is 1.95. The van der Waals surface area contributed by atoms with Crippen molar-refractivity contribution in [2.75, 3.05) is 19.6 Å². The lowest BCUT2D eigenvalue weighted by atomic mass is 10.0. The van der Waals surface area contributed by atoms with Gasteiger partial charge in [-0.3, -0.25) is 4.79 Å². The number of rotatable bonds is 8. The maximum Gasteiger partial charge on any atom is 0.320 e. The summed E-state index contributed by atoms with van der Waals surface area (Å²) in [6.07, 6.45) is 4.20. The molecule has 1 saturated heterocycles. The summed E-state index contributed by atoms with van der Waals surface area (Å²) in [6, 6.07) is 0.254. The van der Waals surface area contributed by atoms with Crippen LogP contribution in [0, 0.1) is 5.92 Å². The van der Waals surface area contributed by atoms with Gasteiger partial charge in [-0.2, -0.15) is 0 Å². The van der Waals surface area contributed by atoms with Gasteiger partial charge in [-0.15, -0.1) is 0 Å². The summed E-state index contributed by atoms with van der Waals surface area (Å²) < 4.78 is 0. The average Bonchev–Trinajstić information content (AvgIpc) is 2.77. The zero-order valence-corrected chi connectivity index (χ0v) is 12.0. The molecule has 2 unspecified atom stereocenters. The number of nitrogens with zero attached hydrogens (tertiary/aromatic N) is 1. The monoisotopic (exact) mass is 256 g/mol. The van der Waals surface area contributed by atoms with Gasteiger partial charge in [-0.05, 0) is 44.7 Å². The van der Waals surface area contributed by atoms with Crippen LogP contribution in [0.1, 0.15) is 46.5 Å². The quantitative estimate of drug-likeness (QED) is 0.697. The molecule has 1 aliphatic rings. The van der Waals surface area contributed by atoms with Crippen LogP contribution < -0.4 is 5.32 Å². The van der Waals surface area contributed by atoms with E-state index in [4.69, 9.17) is 5.11 Å². The van der Waals surface area contributed by atoms with Crippen molar-refractivity contribution in [3.8, 4) is 0 Å². The van der Waals surface area contributed by atoms with Crippen molar-refractivity contribution in [3.05, 3.63) is 0 Å². The summed E-state index contributed by atoms with van der Waals surface area (Å²) in [6.45, 7) is 9.38. The lowest BCUT2D eigenvalue weighted by Crippen LogP contribution is -2.42. The van der Waals surface area contributed by atoms with Crippen LogP contribution in [0.25, 0.3) is 0 Å². The summed E-state index contributed by atoms with van der Waals surface area (Å²) in [7, 11) is 0. The van der Waals surface area contributed by atoms with Crippen molar-refractivity contribution in [1.82, 2.24) is 10.2 Å². The van der Waals surface area contributed by atoms with Crippen molar-refractivity contribution in [2.24, 2.45) is 5.92 Å². The molecule has 0 aromatic heterocycles. The van der Waals surface area contributed by atoms with Crippen LogP contribution in [-0.2, 0) is 4.79 Å². The number of hydrogen-bond donors (Lipinski definition) is 2. The van der Waals surface area contributed by atoms with Crippen LogP contribution >= 0.6 is 0 Å². The third-order valence-electron chi connectivity index (χ3n) is 3.83. The van der Waals surface area contributed by atoms with Gasteiger partial charge in [-0.25, -0.2) is 0 Å². The maximum atomic E-state index is 11.1. The minimum atomic E-state index is -0.719. The van der Waals surface area contributed by atoms with Crippen molar-refractivity contribution in [3.63, 3.8) is 0 Å². The second-order valence-corrected chi connectivity index (χ2v) is 5.62. The van der Waals surface area contributed by atoms with Crippen molar-refractivity contribution < 1.29 is 9.90 Å². The number of likely N-dealkylation sites (tertiary alicyclic amines) is 1. The number of carboxylic acid groups (broad SMARTS) is 1. The van der Waals surface area contributed by atoms with Gasteiger partial charge in [0, 0.05) is 12.6 Å². The zero-order valence-electron chi connectivity index (χ0n) is 12.0. The molecule has 0 saturated carbocycles. The first-order valence-electron chi connectivity index (χ1n) is 7.26. The smallest absolute Gasteiger partial charge is 0.320 e. The van der Waals surface area contributed by atoms with E-state index >= 15 is 0 Å². The van der Waals surface area contributed by atoms with Gasteiger partial charge in [-0.1, -0.05) is 20.8 Å². The molecule has 4 heteroatoms. The molecule has 1 aliphatic heterocycles. The van der Waals surface area contributed by atoms with E-state index < -0.39 is 12.0 Å². The third-order valence-corrected chi connectivity index (χ3v) is 3.83. The molecule has 0 bridgehead atoms. The van der Waals surface area contributed by atoms with Crippen molar-refractivity contribution >= 4 is 5.97 Å². The van der Waals surface area contributed by atoms with Crippen LogP contribution in [0.15, 0.2) is 0 Å². The Labute approximate surface area is 111 Å². The lowest BCUT2D eigenvalue weighted by Gasteiger charge is -2.28. The second kappa shape index (κ2) is 7.74. The van der Waals surface area contributed by atoms with Crippen molar-refractivity contribution in [1.29, 1.82) is 0 Å². The second-order valence-electron chi connectivity index (χ2n) is 5.62. The van der Waals surface area contributed by atoms with E-state index in [2.05, 4.69) is 31.0 Å². The molecule has 0 spiro atoms. The van der Waals surface area contributed by atoms with E-state index in [-0.39, 0.29) is 0 Å². The summed E-state index contributed by atoms with van der Waals surface area (Å²) in [5, 5.41) is 12.3. The molecule has 4 nitrogen and oxygen atoms in total. The fourth-order valence-electron chi connectivity index (χ4n) is 2.81. The van der Waals surface area contributed by atoms with Gasteiger partial charge in [0.1, 0.15) is 6.04 Å². The first kappa shape index (κ1) is 15.4. The van der Waals surface area contributed by atoms with E-state index in [0.29, 0.717) is 18.4 Å². The molecule has 1 fully saturated rings.